The van der Waals surface area contributed by atoms with Crippen LogP contribution in [-0.4, -0.2) is 24.3 Å². The third-order valence-corrected chi connectivity index (χ3v) is 4.77. The smallest absolute Gasteiger partial charge is 0.306 e. The lowest BCUT2D eigenvalue weighted by atomic mass is 10.1. The molecule has 0 atom stereocenters. The molecule has 1 aromatic carbocycles. The number of benzene rings is 1. The van der Waals surface area contributed by atoms with Crippen molar-refractivity contribution in [2.75, 3.05) is 11.9 Å². The summed E-state index contributed by atoms with van der Waals surface area (Å²) in [5.74, 6) is -1.05. The second kappa shape index (κ2) is 8.58. The Hall–Kier alpha value is -2.47. The number of Topliss-reactive ketones (excluding diaryl/α,β-unsaturated/α-hetero) is 1. The molecule has 0 aliphatic rings. The van der Waals surface area contributed by atoms with E-state index >= 15 is 0 Å². The summed E-state index contributed by atoms with van der Waals surface area (Å²) in [4.78, 5) is 37.1. The number of hydrogen-bond donors (Lipinski definition) is 1. The van der Waals surface area contributed by atoms with Crippen molar-refractivity contribution in [1.82, 2.24) is 0 Å². The van der Waals surface area contributed by atoms with E-state index in [1.54, 1.807) is 12.1 Å². The lowest BCUT2D eigenvalue weighted by Crippen LogP contribution is -2.21. The molecule has 5 nitrogen and oxygen atoms in total. The van der Waals surface area contributed by atoms with E-state index < -0.39 is 11.9 Å². The van der Waals surface area contributed by atoms with Crippen molar-refractivity contribution < 1.29 is 19.1 Å². The van der Waals surface area contributed by atoms with E-state index in [1.165, 1.54) is 11.3 Å². The normalized spacial score (nSPS) is 10.4. The van der Waals surface area contributed by atoms with Crippen LogP contribution < -0.4 is 5.32 Å². The Bertz CT molecular complexity index is 794. The molecule has 1 heterocycles. The van der Waals surface area contributed by atoms with Crippen molar-refractivity contribution in [1.29, 1.82) is 0 Å². The van der Waals surface area contributed by atoms with Gasteiger partial charge in [-0.05, 0) is 56.2 Å². The van der Waals surface area contributed by atoms with E-state index in [2.05, 4.69) is 5.32 Å². The second-order valence-corrected chi connectivity index (χ2v) is 7.13. The fourth-order valence-corrected chi connectivity index (χ4v) is 2.99. The van der Waals surface area contributed by atoms with E-state index in [-0.39, 0.29) is 25.2 Å². The fraction of sp³-hybridized carbons (Fsp3) is 0.316. The topological polar surface area (TPSA) is 72.5 Å². The van der Waals surface area contributed by atoms with Crippen LogP contribution in [0.1, 0.15) is 38.5 Å². The summed E-state index contributed by atoms with van der Waals surface area (Å²) < 4.78 is 4.92. The summed E-state index contributed by atoms with van der Waals surface area (Å²) in [5.41, 5.74) is 2.86. The van der Waals surface area contributed by atoms with Gasteiger partial charge in [0.05, 0.1) is 11.3 Å². The Morgan fingerprint density at radius 1 is 1.00 bits per heavy atom. The summed E-state index contributed by atoms with van der Waals surface area (Å²) in [6, 6.07) is 9.19. The zero-order valence-electron chi connectivity index (χ0n) is 14.5. The van der Waals surface area contributed by atoms with E-state index in [4.69, 9.17) is 4.74 Å². The van der Waals surface area contributed by atoms with Crippen LogP contribution in [0, 0.1) is 20.8 Å². The molecule has 0 unspecified atom stereocenters. The van der Waals surface area contributed by atoms with Crippen LogP contribution in [0.25, 0.3) is 0 Å². The Kier molecular flexibility index (Phi) is 6.47. The van der Waals surface area contributed by atoms with Gasteiger partial charge in [0.2, 0.25) is 0 Å². The number of nitrogens with one attached hydrogen (secondary N) is 1. The lowest BCUT2D eigenvalue weighted by Gasteiger charge is -2.08. The van der Waals surface area contributed by atoms with E-state index in [1.807, 2.05) is 39.0 Å². The maximum absolute atomic E-state index is 11.9. The highest BCUT2D eigenvalue weighted by Crippen LogP contribution is 2.17. The van der Waals surface area contributed by atoms with Gasteiger partial charge in [0.15, 0.2) is 12.4 Å². The van der Waals surface area contributed by atoms with Crippen LogP contribution in [0.15, 0.2) is 30.3 Å². The number of amides is 1. The number of thiophene rings is 1. The fourth-order valence-electron chi connectivity index (χ4n) is 2.16. The zero-order valence-corrected chi connectivity index (χ0v) is 15.4. The molecule has 6 heteroatoms. The average Bonchev–Trinajstić information content (AvgIpc) is 3.00. The Labute approximate surface area is 151 Å². The van der Waals surface area contributed by atoms with Crippen molar-refractivity contribution in [3.8, 4) is 0 Å². The third-order valence-electron chi connectivity index (χ3n) is 3.73. The lowest BCUT2D eigenvalue weighted by molar-refractivity contribution is -0.147. The predicted octanol–water partition coefficient (Wildman–Crippen LogP) is 3.82. The Morgan fingerprint density at radius 2 is 1.76 bits per heavy atom. The number of ether oxygens (including phenoxy) is 1. The van der Waals surface area contributed by atoms with Crippen molar-refractivity contribution in [3.63, 3.8) is 0 Å². The third kappa shape index (κ3) is 5.83. The molecule has 1 amide bonds. The first-order valence-electron chi connectivity index (χ1n) is 7.97. The highest BCUT2D eigenvalue weighted by molar-refractivity contribution is 7.14. The zero-order chi connectivity index (χ0) is 18.4. The SMILES string of the molecule is Cc1ccc(C(=O)CCC(=O)OCC(=O)Nc2ccc(C)c(C)c2)s1. The number of ketones is 1. The first kappa shape index (κ1) is 18.9. The summed E-state index contributed by atoms with van der Waals surface area (Å²) in [7, 11) is 0. The number of hydrogen-bond acceptors (Lipinski definition) is 5. The van der Waals surface area contributed by atoms with Gasteiger partial charge < -0.3 is 10.1 Å². The van der Waals surface area contributed by atoms with Crippen LogP contribution in [0.2, 0.25) is 0 Å². The van der Waals surface area contributed by atoms with Crippen LogP contribution in [0.3, 0.4) is 0 Å². The van der Waals surface area contributed by atoms with E-state index in [0.717, 1.165) is 16.0 Å². The molecule has 0 fully saturated rings. The molecule has 0 saturated carbocycles. The summed E-state index contributed by atoms with van der Waals surface area (Å²) in [6.07, 6.45) is 0.0459. The van der Waals surface area contributed by atoms with Crippen LogP contribution in [0.5, 0.6) is 0 Å². The number of anilines is 1. The summed E-state index contributed by atoms with van der Waals surface area (Å²) in [5, 5.41) is 2.68. The first-order valence-corrected chi connectivity index (χ1v) is 8.79. The molecule has 1 N–H and O–H groups in total. The van der Waals surface area contributed by atoms with Crippen LogP contribution in [-0.2, 0) is 14.3 Å². The molecule has 0 bridgehead atoms. The van der Waals surface area contributed by atoms with Gasteiger partial charge in [-0.2, -0.15) is 0 Å². The molecule has 0 spiro atoms. The Balaban J connectivity index is 1.72. The first-order chi connectivity index (χ1) is 11.8. The molecule has 1 aromatic heterocycles. The van der Waals surface area contributed by atoms with Gasteiger partial charge in [0.1, 0.15) is 0 Å². The van der Waals surface area contributed by atoms with Crippen LogP contribution in [0.4, 0.5) is 5.69 Å². The molecule has 2 rings (SSSR count). The van der Waals surface area contributed by atoms with Crippen molar-refractivity contribution in [3.05, 3.63) is 51.2 Å². The van der Waals surface area contributed by atoms with E-state index in [0.29, 0.717) is 10.6 Å². The van der Waals surface area contributed by atoms with Gasteiger partial charge in [0, 0.05) is 17.0 Å². The average molecular weight is 359 g/mol. The number of carbonyl (C=O) groups is 3. The molecular formula is C19H21NO4S. The number of carbonyl (C=O) groups excluding carboxylic acids is 3. The molecule has 0 aliphatic heterocycles. The minimum atomic E-state index is -0.558. The summed E-state index contributed by atoms with van der Waals surface area (Å²) in [6.45, 7) is 5.50. The number of rotatable bonds is 7. The highest BCUT2D eigenvalue weighted by atomic mass is 32.1. The van der Waals surface area contributed by atoms with Gasteiger partial charge in [-0.25, -0.2) is 0 Å². The molecular weight excluding hydrogens is 338 g/mol. The number of aryl methyl sites for hydroxylation is 3. The van der Waals surface area contributed by atoms with Gasteiger partial charge >= 0.3 is 5.97 Å². The maximum Gasteiger partial charge on any atom is 0.306 e. The molecule has 0 aliphatic carbocycles. The predicted molar refractivity (Wildman–Crippen MR) is 98.1 cm³/mol. The maximum atomic E-state index is 11.9. The van der Waals surface area contributed by atoms with Gasteiger partial charge in [0.25, 0.3) is 5.91 Å². The second-order valence-electron chi connectivity index (χ2n) is 5.84. The molecule has 0 saturated heterocycles. The van der Waals surface area contributed by atoms with Gasteiger partial charge in [-0.3, -0.25) is 14.4 Å². The summed E-state index contributed by atoms with van der Waals surface area (Å²) >= 11 is 1.40. The Morgan fingerprint density at radius 3 is 2.40 bits per heavy atom. The van der Waals surface area contributed by atoms with Gasteiger partial charge in [-0.1, -0.05) is 6.07 Å². The minimum Gasteiger partial charge on any atom is -0.456 e. The number of esters is 1. The largest absolute Gasteiger partial charge is 0.456 e. The van der Waals surface area contributed by atoms with Gasteiger partial charge in [-0.15, -0.1) is 11.3 Å². The highest BCUT2D eigenvalue weighted by Gasteiger charge is 2.13. The van der Waals surface area contributed by atoms with Crippen molar-refractivity contribution in [2.24, 2.45) is 0 Å². The molecule has 0 radical (unpaired) electrons. The molecule has 2 aromatic rings. The monoisotopic (exact) mass is 359 g/mol. The molecule has 132 valence electrons. The quantitative estimate of drug-likeness (QED) is 0.602. The van der Waals surface area contributed by atoms with Crippen molar-refractivity contribution >= 4 is 34.7 Å². The molecule has 25 heavy (non-hydrogen) atoms. The standard InChI is InChI=1S/C19H21NO4S/c1-12-4-6-15(10-13(12)2)20-18(22)11-24-19(23)9-7-16(21)17-8-5-14(3)25-17/h4-6,8,10H,7,9,11H2,1-3H3,(H,20,22). The van der Waals surface area contributed by atoms with E-state index in [9.17, 15) is 14.4 Å². The minimum absolute atomic E-state index is 0.0350. The van der Waals surface area contributed by atoms with Crippen LogP contribution >= 0.6 is 11.3 Å². The van der Waals surface area contributed by atoms with Crippen molar-refractivity contribution in [2.45, 2.75) is 33.6 Å².